The number of hydrogen-bond acceptors (Lipinski definition) is 2. The van der Waals surface area contributed by atoms with Crippen LogP contribution < -0.4 is 11.5 Å². The van der Waals surface area contributed by atoms with Crippen molar-refractivity contribution in [2.24, 2.45) is 0 Å². The van der Waals surface area contributed by atoms with E-state index in [-0.39, 0.29) is 0 Å². The Hall–Kier alpha value is -1.96. The van der Waals surface area contributed by atoms with Gasteiger partial charge in [0.1, 0.15) is 0 Å². The molecule has 0 aliphatic heterocycles. The van der Waals surface area contributed by atoms with Gasteiger partial charge in [-0.3, -0.25) is 0 Å². The number of aryl methyl sites for hydroxylation is 4. The predicted molar refractivity (Wildman–Crippen MR) is 103 cm³/mol. The van der Waals surface area contributed by atoms with Crippen molar-refractivity contribution in [3.05, 3.63) is 45.5 Å². The molecule has 2 aromatic carbocycles. The minimum atomic E-state index is 0.945. The number of hydrogen-bond donors (Lipinski definition) is 2. The smallest absolute Gasteiger partial charge is 0.0427 e. The fourth-order valence-electron chi connectivity index (χ4n) is 4.72. The van der Waals surface area contributed by atoms with Gasteiger partial charge in [-0.2, -0.15) is 0 Å². The van der Waals surface area contributed by atoms with Crippen LogP contribution in [0.4, 0.5) is 11.4 Å². The molecule has 0 amide bonds. The van der Waals surface area contributed by atoms with E-state index in [1.54, 1.807) is 0 Å². The molecular weight excluding hydrogens is 292 g/mol. The standard InChI is InChI=1S/C22H28N2/c1-13-11-15-7-3-5-9-17(15)19(21(13)23)20-18-10-6-4-8-16(18)12-14(2)22(20)24/h11-12H,3-10,23-24H2,1-2H3. The molecule has 0 heterocycles. The third-order valence-electron chi connectivity index (χ3n) is 6.04. The fourth-order valence-corrected chi connectivity index (χ4v) is 4.72. The Morgan fingerprint density at radius 2 is 1.00 bits per heavy atom. The largest absolute Gasteiger partial charge is 0.398 e. The van der Waals surface area contributed by atoms with Crippen LogP contribution >= 0.6 is 0 Å². The number of anilines is 2. The third-order valence-corrected chi connectivity index (χ3v) is 6.04. The van der Waals surface area contributed by atoms with Gasteiger partial charge in [-0.25, -0.2) is 0 Å². The first-order valence-corrected chi connectivity index (χ1v) is 9.40. The number of rotatable bonds is 1. The SMILES string of the molecule is Cc1cc2c(c(-c3c(N)c(C)cc4c3CCCC4)c1N)CCCC2. The minimum absolute atomic E-state index is 0.945. The number of benzene rings is 2. The molecule has 2 aliphatic carbocycles. The second-order valence-corrected chi connectivity index (χ2v) is 7.65. The molecule has 24 heavy (non-hydrogen) atoms. The van der Waals surface area contributed by atoms with Crippen LogP contribution in [0.15, 0.2) is 12.1 Å². The van der Waals surface area contributed by atoms with Gasteiger partial charge in [-0.1, -0.05) is 12.1 Å². The van der Waals surface area contributed by atoms with E-state index >= 15 is 0 Å². The summed E-state index contributed by atoms with van der Waals surface area (Å²) in [5.74, 6) is 0. The van der Waals surface area contributed by atoms with Gasteiger partial charge >= 0.3 is 0 Å². The Morgan fingerprint density at radius 3 is 1.42 bits per heavy atom. The number of nitrogens with two attached hydrogens (primary N) is 2. The molecular formula is C22H28N2. The van der Waals surface area contributed by atoms with Crippen LogP contribution in [-0.2, 0) is 25.7 Å². The first-order valence-electron chi connectivity index (χ1n) is 9.40. The molecule has 0 spiro atoms. The molecule has 0 atom stereocenters. The molecule has 2 heteroatoms. The summed E-state index contributed by atoms with van der Waals surface area (Å²) in [6, 6.07) is 4.62. The van der Waals surface area contributed by atoms with Crippen LogP contribution in [0, 0.1) is 13.8 Å². The molecule has 0 saturated carbocycles. The summed E-state index contributed by atoms with van der Waals surface area (Å²) in [5, 5.41) is 0. The average molecular weight is 320 g/mol. The van der Waals surface area contributed by atoms with E-state index in [1.807, 2.05) is 0 Å². The molecule has 0 saturated heterocycles. The lowest BCUT2D eigenvalue weighted by molar-refractivity contribution is 0.681. The van der Waals surface area contributed by atoms with E-state index in [2.05, 4.69) is 26.0 Å². The molecule has 0 aromatic heterocycles. The summed E-state index contributed by atoms with van der Waals surface area (Å²) in [6.07, 6.45) is 9.73. The van der Waals surface area contributed by atoms with E-state index < -0.39 is 0 Å². The van der Waals surface area contributed by atoms with Crippen molar-refractivity contribution in [3.63, 3.8) is 0 Å². The molecule has 0 bridgehead atoms. The van der Waals surface area contributed by atoms with Gasteiger partial charge in [0.25, 0.3) is 0 Å². The highest BCUT2D eigenvalue weighted by atomic mass is 14.6. The highest BCUT2D eigenvalue weighted by Gasteiger charge is 2.25. The first-order chi connectivity index (χ1) is 11.6. The van der Waals surface area contributed by atoms with E-state index in [9.17, 15) is 0 Å². The van der Waals surface area contributed by atoms with Crippen molar-refractivity contribution in [2.75, 3.05) is 11.5 Å². The summed E-state index contributed by atoms with van der Waals surface area (Å²) in [7, 11) is 0. The zero-order valence-corrected chi connectivity index (χ0v) is 15.0. The zero-order chi connectivity index (χ0) is 16.8. The summed E-state index contributed by atoms with van der Waals surface area (Å²) in [6.45, 7) is 4.29. The molecule has 0 fully saturated rings. The Labute approximate surface area is 145 Å². The predicted octanol–water partition coefficient (Wildman–Crippen LogP) is 4.89. The van der Waals surface area contributed by atoms with Crippen molar-refractivity contribution < 1.29 is 0 Å². The van der Waals surface area contributed by atoms with Gasteiger partial charge in [0.2, 0.25) is 0 Å². The number of fused-ring (bicyclic) bond motifs is 2. The van der Waals surface area contributed by atoms with Crippen LogP contribution in [0.2, 0.25) is 0 Å². The quantitative estimate of drug-likeness (QED) is 0.735. The van der Waals surface area contributed by atoms with Crippen molar-refractivity contribution in [1.82, 2.24) is 0 Å². The molecule has 4 N–H and O–H groups in total. The summed E-state index contributed by atoms with van der Waals surface area (Å²) < 4.78 is 0. The van der Waals surface area contributed by atoms with E-state index in [0.29, 0.717) is 0 Å². The minimum Gasteiger partial charge on any atom is -0.398 e. The zero-order valence-electron chi connectivity index (χ0n) is 15.0. The van der Waals surface area contributed by atoms with Gasteiger partial charge in [0, 0.05) is 22.5 Å². The van der Waals surface area contributed by atoms with Gasteiger partial charge in [-0.05, 0) is 98.6 Å². The Balaban J connectivity index is 2.07. The highest BCUT2D eigenvalue weighted by Crippen LogP contribution is 2.45. The molecule has 4 rings (SSSR count). The van der Waals surface area contributed by atoms with Crippen molar-refractivity contribution in [1.29, 1.82) is 0 Å². The molecule has 2 aromatic rings. The van der Waals surface area contributed by atoms with Crippen molar-refractivity contribution >= 4 is 11.4 Å². The third kappa shape index (κ3) is 2.31. The number of nitrogen functional groups attached to an aromatic ring is 2. The second-order valence-electron chi connectivity index (χ2n) is 7.65. The Morgan fingerprint density at radius 1 is 0.625 bits per heavy atom. The van der Waals surface area contributed by atoms with Crippen LogP contribution in [0.3, 0.4) is 0 Å². The van der Waals surface area contributed by atoms with Gasteiger partial charge in [0.15, 0.2) is 0 Å². The molecule has 2 nitrogen and oxygen atoms in total. The monoisotopic (exact) mass is 320 g/mol. The lowest BCUT2D eigenvalue weighted by Gasteiger charge is -2.28. The van der Waals surface area contributed by atoms with Crippen LogP contribution in [0.1, 0.15) is 59.1 Å². The lowest BCUT2D eigenvalue weighted by atomic mass is 9.78. The summed E-state index contributed by atoms with van der Waals surface area (Å²) >= 11 is 0. The van der Waals surface area contributed by atoms with Gasteiger partial charge < -0.3 is 11.5 Å². The van der Waals surface area contributed by atoms with Crippen LogP contribution in [0.25, 0.3) is 11.1 Å². The second kappa shape index (κ2) is 5.84. The summed E-state index contributed by atoms with van der Waals surface area (Å²) in [4.78, 5) is 0. The van der Waals surface area contributed by atoms with Crippen LogP contribution in [0.5, 0.6) is 0 Å². The van der Waals surface area contributed by atoms with Gasteiger partial charge in [-0.15, -0.1) is 0 Å². The van der Waals surface area contributed by atoms with Crippen molar-refractivity contribution in [2.45, 2.75) is 65.2 Å². The average Bonchev–Trinajstić information content (AvgIpc) is 2.58. The maximum absolute atomic E-state index is 6.64. The fraction of sp³-hybridized carbons (Fsp3) is 0.455. The molecule has 0 unspecified atom stereocenters. The van der Waals surface area contributed by atoms with Crippen LogP contribution in [-0.4, -0.2) is 0 Å². The highest BCUT2D eigenvalue weighted by molar-refractivity contribution is 5.92. The lowest BCUT2D eigenvalue weighted by Crippen LogP contribution is -2.13. The first kappa shape index (κ1) is 15.6. The van der Waals surface area contributed by atoms with Gasteiger partial charge in [0.05, 0.1) is 0 Å². The Bertz CT molecular complexity index is 748. The molecule has 126 valence electrons. The van der Waals surface area contributed by atoms with E-state index in [0.717, 1.165) is 24.2 Å². The Kier molecular flexibility index (Phi) is 3.79. The molecule has 2 aliphatic rings. The summed E-state index contributed by atoms with van der Waals surface area (Å²) in [5.41, 5.74) is 26.0. The van der Waals surface area contributed by atoms with E-state index in [4.69, 9.17) is 11.5 Å². The normalized spacial score (nSPS) is 16.6. The molecule has 0 radical (unpaired) electrons. The maximum Gasteiger partial charge on any atom is 0.0427 e. The topological polar surface area (TPSA) is 52.0 Å². The van der Waals surface area contributed by atoms with E-state index in [1.165, 1.54) is 83.0 Å². The maximum atomic E-state index is 6.64. The van der Waals surface area contributed by atoms with Crippen molar-refractivity contribution in [3.8, 4) is 11.1 Å².